The van der Waals surface area contributed by atoms with Gasteiger partial charge in [-0.1, -0.05) is 30.3 Å². The molecule has 0 N–H and O–H groups in total. The van der Waals surface area contributed by atoms with Crippen LogP contribution in [0, 0.1) is 0 Å². The van der Waals surface area contributed by atoms with E-state index < -0.39 is 12.2 Å². The number of imide groups is 1. The van der Waals surface area contributed by atoms with Crippen molar-refractivity contribution in [1.82, 2.24) is 14.7 Å². The highest BCUT2D eigenvalue weighted by molar-refractivity contribution is 6.02. The lowest BCUT2D eigenvalue weighted by Gasteiger charge is -2.39. The number of aliphatic imine (C=N–C) groups is 1. The average molecular weight is 326 g/mol. The second-order valence-corrected chi connectivity index (χ2v) is 6.24. The molecule has 24 heavy (non-hydrogen) atoms. The minimum atomic E-state index is -0.439. The standard InChI is InChI=1S/C17H20N5O2/c1-2-19-8-9-21-16(23)14-15(22(12-19)17(21)24)18-11-20(14)10-13-6-4-3-5-7-13/h2-7,11,14-15H,8-10,12H2,1H3/q+1. The summed E-state index contributed by atoms with van der Waals surface area (Å²) in [6.07, 6.45) is 3.23. The first-order valence-corrected chi connectivity index (χ1v) is 8.17. The van der Waals surface area contributed by atoms with Crippen LogP contribution in [0.1, 0.15) is 12.5 Å². The van der Waals surface area contributed by atoms with E-state index in [0.717, 1.165) is 5.56 Å². The first-order valence-electron chi connectivity index (χ1n) is 8.17. The normalized spacial score (nSPS) is 27.7. The zero-order valence-corrected chi connectivity index (χ0v) is 13.6. The van der Waals surface area contributed by atoms with Crippen molar-refractivity contribution in [2.24, 2.45) is 4.99 Å². The summed E-state index contributed by atoms with van der Waals surface area (Å²) < 4.78 is 2.04. The highest BCUT2D eigenvalue weighted by atomic mass is 16.2. The van der Waals surface area contributed by atoms with E-state index in [4.69, 9.17) is 0 Å². The maximum atomic E-state index is 12.9. The van der Waals surface area contributed by atoms with Crippen LogP contribution in [0.15, 0.2) is 35.3 Å². The highest BCUT2D eigenvalue weighted by Crippen LogP contribution is 2.28. The number of carbonyl (C=O) groups excluding carboxylic acids is 2. The fourth-order valence-corrected chi connectivity index (χ4v) is 3.51. The van der Waals surface area contributed by atoms with Crippen molar-refractivity contribution < 1.29 is 14.2 Å². The molecular formula is C17H20N5O2+. The van der Waals surface area contributed by atoms with Gasteiger partial charge in [-0.15, -0.1) is 0 Å². The second kappa shape index (κ2) is 5.74. The minimum absolute atomic E-state index is 0.146. The minimum Gasteiger partial charge on any atom is -0.343 e. The van der Waals surface area contributed by atoms with Crippen LogP contribution < -0.4 is 0 Å². The molecule has 7 heteroatoms. The summed E-state index contributed by atoms with van der Waals surface area (Å²) in [5.74, 6) is -0.146. The third-order valence-electron chi connectivity index (χ3n) is 4.84. The average Bonchev–Trinajstić information content (AvgIpc) is 2.95. The van der Waals surface area contributed by atoms with Gasteiger partial charge in [0.1, 0.15) is 6.21 Å². The van der Waals surface area contributed by atoms with Crippen molar-refractivity contribution in [2.45, 2.75) is 25.7 Å². The van der Waals surface area contributed by atoms with Gasteiger partial charge in [0, 0.05) is 13.5 Å². The van der Waals surface area contributed by atoms with Crippen LogP contribution >= 0.6 is 0 Å². The number of hydrogen-bond donors (Lipinski definition) is 0. The van der Waals surface area contributed by atoms with E-state index >= 15 is 0 Å². The molecule has 4 rings (SSSR count). The molecule has 2 atom stereocenters. The Kier molecular flexibility index (Phi) is 3.55. The lowest BCUT2D eigenvalue weighted by molar-refractivity contribution is -0.538. The van der Waals surface area contributed by atoms with Gasteiger partial charge >= 0.3 is 6.03 Å². The molecule has 0 saturated carbocycles. The summed E-state index contributed by atoms with van der Waals surface area (Å²) in [6.45, 7) is 4.09. The quantitative estimate of drug-likeness (QED) is 0.747. The molecule has 0 aliphatic carbocycles. The molecule has 2 fully saturated rings. The number of carbonyl (C=O) groups is 2. The predicted octanol–water partition coefficient (Wildman–Crippen LogP) is 0.564. The Morgan fingerprint density at radius 3 is 2.83 bits per heavy atom. The Balaban J connectivity index is 1.64. The molecule has 1 aromatic rings. The molecule has 3 heterocycles. The second-order valence-electron chi connectivity index (χ2n) is 6.24. The lowest BCUT2D eigenvalue weighted by Crippen LogP contribution is -2.65. The molecule has 1 aromatic carbocycles. The first kappa shape index (κ1) is 14.9. The number of benzene rings is 1. The summed E-state index contributed by atoms with van der Waals surface area (Å²) in [5.41, 5.74) is 1.12. The van der Waals surface area contributed by atoms with Gasteiger partial charge < -0.3 is 4.90 Å². The Hall–Kier alpha value is -2.70. The van der Waals surface area contributed by atoms with Crippen LogP contribution in [0.5, 0.6) is 0 Å². The van der Waals surface area contributed by atoms with Gasteiger partial charge in [-0.05, 0) is 5.56 Å². The third kappa shape index (κ3) is 2.28. The van der Waals surface area contributed by atoms with Crippen LogP contribution in [0.4, 0.5) is 4.79 Å². The Bertz CT molecular complexity index is 730. The van der Waals surface area contributed by atoms with E-state index in [2.05, 4.69) is 4.99 Å². The van der Waals surface area contributed by atoms with Crippen LogP contribution in [0.25, 0.3) is 0 Å². The van der Waals surface area contributed by atoms with Crippen molar-refractivity contribution in [3.05, 3.63) is 35.9 Å². The lowest BCUT2D eigenvalue weighted by atomic mass is 10.1. The number of rotatable bonds is 2. The largest absolute Gasteiger partial charge is 0.343 e. The molecule has 0 radical (unpaired) electrons. The fraction of sp³-hybridized carbons (Fsp3) is 0.412. The summed E-state index contributed by atoms with van der Waals surface area (Å²) >= 11 is 0. The zero-order chi connectivity index (χ0) is 16.7. The number of urea groups is 1. The Labute approximate surface area is 140 Å². The molecule has 2 saturated heterocycles. The highest BCUT2D eigenvalue weighted by Gasteiger charge is 2.53. The van der Waals surface area contributed by atoms with E-state index in [0.29, 0.717) is 26.3 Å². The molecule has 124 valence electrons. The first-order chi connectivity index (χ1) is 11.7. The number of nitrogens with zero attached hydrogens (tertiary/aromatic N) is 5. The smallest absolute Gasteiger partial charge is 0.333 e. The maximum absolute atomic E-state index is 12.9. The van der Waals surface area contributed by atoms with Crippen LogP contribution in [0.2, 0.25) is 0 Å². The molecule has 0 aromatic heterocycles. The monoisotopic (exact) mass is 326 g/mol. The van der Waals surface area contributed by atoms with E-state index in [1.165, 1.54) is 4.90 Å². The van der Waals surface area contributed by atoms with Gasteiger partial charge in [-0.3, -0.25) is 9.69 Å². The predicted molar refractivity (Wildman–Crippen MR) is 88.7 cm³/mol. The van der Waals surface area contributed by atoms with Gasteiger partial charge in [-0.25, -0.2) is 19.3 Å². The summed E-state index contributed by atoms with van der Waals surface area (Å²) in [7, 11) is 0. The van der Waals surface area contributed by atoms with E-state index in [9.17, 15) is 9.59 Å². The zero-order valence-electron chi connectivity index (χ0n) is 13.6. The van der Waals surface area contributed by atoms with Gasteiger partial charge in [-0.2, -0.15) is 0 Å². The molecule has 3 aliphatic rings. The summed E-state index contributed by atoms with van der Waals surface area (Å²) in [6, 6.07) is 9.32. The molecule has 3 amide bonds. The SMILES string of the molecule is CC=[N+]1CCN2C(=O)C3C(N=CN3Cc3ccccc3)N(C1)C2=O. The molecule has 7 nitrogen and oxygen atoms in total. The van der Waals surface area contributed by atoms with Gasteiger partial charge in [0.05, 0.1) is 12.9 Å². The number of fused-ring (bicyclic) bond motifs is 4. The van der Waals surface area contributed by atoms with Crippen molar-refractivity contribution in [3.8, 4) is 0 Å². The maximum Gasteiger partial charge on any atom is 0.333 e. The van der Waals surface area contributed by atoms with Gasteiger partial charge in [0.2, 0.25) is 6.67 Å². The van der Waals surface area contributed by atoms with Crippen molar-refractivity contribution in [1.29, 1.82) is 0 Å². The third-order valence-corrected chi connectivity index (χ3v) is 4.84. The topological polar surface area (TPSA) is 59.2 Å². The molecule has 2 unspecified atom stereocenters. The van der Waals surface area contributed by atoms with Crippen molar-refractivity contribution in [3.63, 3.8) is 0 Å². The number of amides is 3. The molecule has 2 bridgehead atoms. The summed E-state index contributed by atoms with van der Waals surface area (Å²) in [5, 5.41) is 0. The van der Waals surface area contributed by atoms with E-state index in [1.807, 2.05) is 52.9 Å². The molecular weight excluding hydrogens is 306 g/mol. The van der Waals surface area contributed by atoms with Crippen LogP contribution in [-0.2, 0) is 11.3 Å². The van der Waals surface area contributed by atoms with Gasteiger partial charge in [0.15, 0.2) is 18.8 Å². The van der Waals surface area contributed by atoms with Crippen molar-refractivity contribution >= 4 is 24.5 Å². The molecule has 0 spiro atoms. The summed E-state index contributed by atoms with van der Waals surface area (Å²) in [4.78, 5) is 35.0. The fourth-order valence-electron chi connectivity index (χ4n) is 3.51. The molecule has 3 aliphatic heterocycles. The van der Waals surface area contributed by atoms with Gasteiger partial charge in [0.25, 0.3) is 5.91 Å². The number of hydrogen-bond acceptors (Lipinski definition) is 4. The van der Waals surface area contributed by atoms with Crippen LogP contribution in [-0.4, -0.2) is 75.7 Å². The van der Waals surface area contributed by atoms with Crippen molar-refractivity contribution in [2.75, 3.05) is 19.8 Å². The Morgan fingerprint density at radius 1 is 1.29 bits per heavy atom. The van der Waals surface area contributed by atoms with E-state index in [1.54, 1.807) is 11.2 Å². The van der Waals surface area contributed by atoms with Crippen LogP contribution in [0.3, 0.4) is 0 Å². The van der Waals surface area contributed by atoms with E-state index in [-0.39, 0.29) is 11.9 Å². The Morgan fingerprint density at radius 2 is 2.08 bits per heavy atom.